The topological polar surface area (TPSA) is 52.6 Å². The van der Waals surface area contributed by atoms with Gasteiger partial charge < -0.3 is 9.47 Å². The Morgan fingerprint density at radius 2 is 2.04 bits per heavy atom. The van der Waals surface area contributed by atoms with E-state index in [1.165, 1.54) is 12.5 Å². The minimum atomic E-state index is -0.232. The number of hydrogen-bond acceptors (Lipinski definition) is 4. The van der Waals surface area contributed by atoms with Gasteiger partial charge in [0, 0.05) is 18.4 Å². The predicted octanol–water partition coefficient (Wildman–Crippen LogP) is 4.45. The zero-order valence-corrected chi connectivity index (χ0v) is 16.7. The van der Waals surface area contributed by atoms with Gasteiger partial charge in [-0.25, -0.2) is 4.79 Å². The molecule has 0 aromatic rings. The lowest BCUT2D eigenvalue weighted by Gasteiger charge is -2.35. The van der Waals surface area contributed by atoms with Crippen molar-refractivity contribution in [3.05, 3.63) is 22.8 Å². The Kier molecular flexibility index (Phi) is 5.59. The fourth-order valence-corrected chi connectivity index (χ4v) is 5.04. The van der Waals surface area contributed by atoms with E-state index in [2.05, 4.69) is 33.8 Å². The van der Waals surface area contributed by atoms with Crippen LogP contribution in [0.2, 0.25) is 0 Å². The monoisotopic (exact) mass is 360 g/mol. The van der Waals surface area contributed by atoms with E-state index in [1.807, 2.05) is 0 Å². The number of carbonyl (C=O) groups excluding carboxylic acids is 2. The van der Waals surface area contributed by atoms with Crippen LogP contribution in [0.3, 0.4) is 0 Å². The summed E-state index contributed by atoms with van der Waals surface area (Å²) in [5.41, 5.74) is 3.35. The third-order valence-corrected chi connectivity index (χ3v) is 6.38. The summed E-state index contributed by atoms with van der Waals surface area (Å²) in [7, 11) is 0. The highest BCUT2D eigenvalue weighted by atomic mass is 16.5. The van der Waals surface area contributed by atoms with Gasteiger partial charge in [0.25, 0.3) is 0 Å². The maximum atomic E-state index is 12.4. The molecule has 2 aliphatic carbocycles. The lowest BCUT2D eigenvalue weighted by Crippen LogP contribution is -2.36. The van der Waals surface area contributed by atoms with Crippen LogP contribution in [0.5, 0.6) is 0 Å². The molecule has 0 saturated heterocycles. The van der Waals surface area contributed by atoms with Crippen molar-refractivity contribution in [1.29, 1.82) is 0 Å². The average Bonchev–Trinajstić information content (AvgIpc) is 3.22. The first kappa shape index (κ1) is 19.2. The summed E-state index contributed by atoms with van der Waals surface area (Å²) in [6, 6.07) is 0. The van der Waals surface area contributed by atoms with E-state index in [9.17, 15) is 9.59 Å². The summed E-state index contributed by atoms with van der Waals surface area (Å²) >= 11 is 0. The van der Waals surface area contributed by atoms with Crippen molar-refractivity contribution in [2.45, 2.75) is 66.4 Å². The van der Waals surface area contributed by atoms with Crippen LogP contribution in [0.4, 0.5) is 0 Å². The molecule has 6 atom stereocenters. The van der Waals surface area contributed by atoms with Crippen molar-refractivity contribution in [3.8, 4) is 0 Å². The van der Waals surface area contributed by atoms with Crippen LogP contribution in [-0.2, 0) is 19.1 Å². The van der Waals surface area contributed by atoms with Crippen LogP contribution < -0.4 is 0 Å². The number of ether oxygens (including phenoxy) is 2. The van der Waals surface area contributed by atoms with Crippen LogP contribution in [0.25, 0.3) is 0 Å². The molecule has 4 nitrogen and oxygen atoms in total. The highest BCUT2D eigenvalue weighted by Crippen LogP contribution is 2.56. The molecule has 0 amide bonds. The second-order valence-electron chi connectivity index (χ2n) is 8.74. The van der Waals surface area contributed by atoms with E-state index in [1.54, 1.807) is 0 Å². The van der Waals surface area contributed by atoms with Crippen molar-refractivity contribution in [2.75, 3.05) is 6.61 Å². The summed E-state index contributed by atoms with van der Waals surface area (Å²) in [6.07, 6.45) is 6.06. The highest BCUT2D eigenvalue weighted by molar-refractivity contribution is 5.93. The molecule has 4 heteroatoms. The van der Waals surface area contributed by atoms with E-state index in [4.69, 9.17) is 9.47 Å². The molecule has 0 spiro atoms. The second kappa shape index (κ2) is 7.58. The number of cyclic esters (lactones) is 1. The number of carbonyl (C=O) groups is 2. The Morgan fingerprint density at radius 1 is 1.31 bits per heavy atom. The van der Waals surface area contributed by atoms with Gasteiger partial charge in [-0.3, -0.25) is 4.79 Å². The molecule has 0 radical (unpaired) electrons. The average molecular weight is 360 g/mol. The first-order valence-corrected chi connectivity index (χ1v) is 10.00. The Bertz CT molecular complexity index is 641. The molecule has 26 heavy (non-hydrogen) atoms. The number of fused-ring (bicyclic) bond motifs is 2. The third kappa shape index (κ3) is 3.89. The molecule has 1 fully saturated rings. The van der Waals surface area contributed by atoms with E-state index in [0.29, 0.717) is 30.3 Å². The van der Waals surface area contributed by atoms with Crippen LogP contribution in [0, 0.1) is 29.6 Å². The van der Waals surface area contributed by atoms with Gasteiger partial charge in [-0.15, -0.1) is 0 Å². The van der Waals surface area contributed by atoms with E-state index >= 15 is 0 Å². The molecule has 144 valence electrons. The quantitative estimate of drug-likeness (QED) is 0.537. The molecule has 1 aliphatic heterocycles. The first-order valence-electron chi connectivity index (χ1n) is 10.00. The smallest absolute Gasteiger partial charge is 0.334 e. The summed E-state index contributed by atoms with van der Waals surface area (Å²) in [5.74, 6) is 1.39. The molecule has 3 aliphatic rings. The summed E-state index contributed by atoms with van der Waals surface area (Å²) < 4.78 is 11.3. The van der Waals surface area contributed by atoms with Gasteiger partial charge in [-0.1, -0.05) is 25.5 Å². The van der Waals surface area contributed by atoms with Crippen molar-refractivity contribution < 1.29 is 19.1 Å². The Hall–Kier alpha value is -1.58. The van der Waals surface area contributed by atoms with Gasteiger partial charge in [-0.2, -0.15) is 0 Å². The van der Waals surface area contributed by atoms with Crippen molar-refractivity contribution >= 4 is 11.9 Å². The Balaban J connectivity index is 1.93. The molecule has 0 aromatic carbocycles. The summed E-state index contributed by atoms with van der Waals surface area (Å²) in [6.45, 7) is 10.5. The van der Waals surface area contributed by atoms with E-state index in [0.717, 1.165) is 36.8 Å². The van der Waals surface area contributed by atoms with Gasteiger partial charge in [0.15, 0.2) is 0 Å². The maximum absolute atomic E-state index is 12.4. The second-order valence-corrected chi connectivity index (χ2v) is 8.74. The Morgan fingerprint density at radius 3 is 2.69 bits per heavy atom. The first-order chi connectivity index (χ1) is 12.3. The SMILES string of the molecule is CC(=O)O[C@H]1C[C@@H](C)[C@@H]2C[C@H]2C2=C(COC2=O)[C@H]1[C@@H](C)CCC=C(C)C. The third-order valence-electron chi connectivity index (χ3n) is 6.38. The summed E-state index contributed by atoms with van der Waals surface area (Å²) in [4.78, 5) is 24.2. The Labute approximate surface area is 157 Å². The number of hydrogen-bond donors (Lipinski definition) is 0. The molecular weight excluding hydrogens is 328 g/mol. The molecule has 3 rings (SSSR count). The van der Waals surface area contributed by atoms with Crippen molar-refractivity contribution in [2.24, 2.45) is 29.6 Å². The summed E-state index contributed by atoms with van der Waals surface area (Å²) in [5, 5.41) is 0. The number of rotatable bonds is 5. The number of allylic oxidation sites excluding steroid dienone is 2. The lowest BCUT2D eigenvalue weighted by atomic mass is 9.73. The zero-order chi connectivity index (χ0) is 19.0. The van der Waals surface area contributed by atoms with Crippen LogP contribution >= 0.6 is 0 Å². The van der Waals surface area contributed by atoms with Crippen molar-refractivity contribution in [3.63, 3.8) is 0 Å². The maximum Gasteiger partial charge on any atom is 0.334 e. The molecule has 1 heterocycles. The van der Waals surface area contributed by atoms with Gasteiger partial charge >= 0.3 is 11.9 Å². The molecule has 0 unspecified atom stereocenters. The van der Waals surface area contributed by atoms with Gasteiger partial charge in [-0.05, 0) is 68.8 Å². The van der Waals surface area contributed by atoms with Crippen molar-refractivity contribution in [1.82, 2.24) is 0 Å². The largest absolute Gasteiger partial charge is 0.462 e. The molecule has 0 aromatic heterocycles. The minimum absolute atomic E-state index is 0.0786. The van der Waals surface area contributed by atoms with Gasteiger partial charge in [0.05, 0.1) is 0 Å². The highest BCUT2D eigenvalue weighted by Gasteiger charge is 2.53. The molecule has 0 N–H and O–H groups in total. The van der Waals surface area contributed by atoms with Crippen LogP contribution in [0.15, 0.2) is 22.8 Å². The predicted molar refractivity (Wildman–Crippen MR) is 100 cm³/mol. The van der Waals surface area contributed by atoms with Crippen LogP contribution in [0.1, 0.15) is 60.3 Å². The van der Waals surface area contributed by atoms with Crippen LogP contribution in [-0.4, -0.2) is 24.6 Å². The van der Waals surface area contributed by atoms with Gasteiger partial charge in [0.1, 0.15) is 12.7 Å². The fraction of sp³-hybridized carbons (Fsp3) is 0.727. The molecule has 0 bridgehead atoms. The standard InChI is InChI=1S/C22H32O4/c1-12(2)7-6-8-13(3)20-18-11-25-22(24)21(18)17-10-16(17)14(4)9-19(20)26-15(5)23/h7,13-14,16-17,19-20H,6,8-11H2,1-5H3/t13-,14+,16-,17+,19-,20+/m0/s1. The lowest BCUT2D eigenvalue weighted by molar-refractivity contribution is -0.150. The van der Waals surface area contributed by atoms with E-state index < -0.39 is 0 Å². The van der Waals surface area contributed by atoms with Gasteiger partial charge in [0.2, 0.25) is 0 Å². The zero-order valence-electron chi connectivity index (χ0n) is 16.7. The normalized spacial score (nSPS) is 34.0. The molecule has 1 saturated carbocycles. The fourth-order valence-electron chi connectivity index (χ4n) is 5.04. The minimum Gasteiger partial charge on any atom is -0.462 e. The van der Waals surface area contributed by atoms with E-state index in [-0.39, 0.29) is 24.0 Å². The number of esters is 2. The molecular formula is C22H32O4.